The fourth-order valence-corrected chi connectivity index (χ4v) is 0.819. The smallest absolute Gasteiger partial charge is 0.389 e. The maximum Gasteiger partial charge on any atom is 0.416 e. The molecule has 4 heteroatoms. The van der Waals surface area contributed by atoms with Gasteiger partial charge < -0.3 is 5.11 Å². The van der Waals surface area contributed by atoms with Crippen LogP contribution < -0.4 is 0 Å². The summed E-state index contributed by atoms with van der Waals surface area (Å²) in [6.07, 6.45) is -1.97. The monoisotopic (exact) mass is 164 g/mol. The lowest BCUT2D eigenvalue weighted by Gasteiger charge is -2.13. The minimum absolute atomic E-state index is 0.0470. The van der Waals surface area contributed by atoms with Gasteiger partial charge in [0.2, 0.25) is 0 Å². The van der Waals surface area contributed by atoms with Crippen molar-refractivity contribution in [3.8, 4) is 0 Å². The van der Waals surface area contributed by atoms with Crippen LogP contribution in [0.4, 0.5) is 13.2 Å². The first kappa shape index (κ1) is 8.33. The quantitative estimate of drug-likeness (QED) is 0.578. The molecule has 0 radical (unpaired) electrons. The summed E-state index contributed by atoms with van der Waals surface area (Å²) in [6, 6.07) is 0. The predicted octanol–water partition coefficient (Wildman–Crippen LogP) is 1.80. The lowest BCUT2D eigenvalue weighted by atomic mass is 10.1. The number of hydrogen-bond acceptors (Lipinski definition) is 1. The number of aliphatic hydroxyl groups is 1. The van der Waals surface area contributed by atoms with Crippen LogP contribution in [-0.2, 0) is 0 Å². The Morgan fingerprint density at radius 2 is 2.09 bits per heavy atom. The number of hydrogen-bond donors (Lipinski definition) is 1. The molecule has 0 spiro atoms. The highest BCUT2D eigenvalue weighted by atomic mass is 19.4. The number of rotatable bonds is 0. The Labute approximate surface area is 61.8 Å². The Hall–Kier alpha value is -0.770. The first-order chi connectivity index (χ1) is 5.00. The third-order valence-electron chi connectivity index (χ3n) is 1.40. The molecule has 1 N–H and O–H groups in total. The van der Waals surface area contributed by atoms with E-state index in [0.717, 1.165) is 18.2 Å². The molecule has 0 aromatic rings. The number of allylic oxidation sites excluding steroid dienone is 2. The standard InChI is InChI=1S/C7H7F3O/c8-7(9,10)5-1-3-6(11)4-2-5/h1-3,6,11H,4H2. The third-order valence-corrected chi connectivity index (χ3v) is 1.40. The Kier molecular flexibility index (Phi) is 2.04. The van der Waals surface area contributed by atoms with Crippen LogP contribution >= 0.6 is 0 Å². The molecule has 1 rings (SSSR count). The second-order valence-corrected chi connectivity index (χ2v) is 2.32. The van der Waals surface area contributed by atoms with E-state index in [4.69, 9.17) is 5.11 Å². The summed E-state index contributed by atoms with van der Waals surface area (Å²) >= 11 is 0. The van der Waals surface area contributed by atoms with E-state index in [0.29, 0.717) is 0 Å². The molecular formula is C7H7F3O. The Morgan fingerprint density at radius 3 is 2.45 bits per heavy atom. The van der Waals surface area contributed by atoms with Crippen molar-refractivity contribution in [3.63, 3.8) is 0 Å². The zero-order valence-electron chi connectivity index (χ0n) is 5.60. The zero-order chi connectivity index (χ0) is 8.48. The Balaban J connectivity index is 2.71. The molecule has 0 saturated carbocycles. The average molecular weight is 164 g/mol. The summed E-state index contributed by atoms with van der Waals surface area (Å²) in [5, 5.41) is 8.79. The highest BCUT2D eigenvalue weighted by molar-refractivity contribution is 5.28. The van der Waals surface area contributed by atoms with Crippen LogP contribution in [0, 0.1) is 0 Å². The third kappa shape index (κ3) is 2.08. The molecule has 62 valence electrons. The van der Waals surface area contributed by atoms with Crippen LogP contribution in [0.15, 0.2) is 23.8 Å². The zero-order valence-corrected chi connectivity index (χ0v) is 5.60. The van der Waals surface area contributed by atoms with Gasteiger partial charge >= 0.3 is 6.18 Å². The van der Waals surface area contributed by atoms with Crippen molar-refractivity contribution >= 4 is 0 Å². The van der Waals surface area contributed by atoms with Gasteiger partial charge in [0, 0.05) is 0 Å². The maximum atomic E-state index is 11.9. The fraction of sp³-hybridized carbons (Fsp3) is 0.429. The van der Waals surface area contributed by atoms with Crippen molar-refractivity contribution in [1.82, 2.24) is 0 Å². The second kappa shape index (κ2) is 2.70. The van der Waals surface area contributed by atoms with Gasteiger partial charge in [0.1, 0.15) is 0 Å². The van der Waals surface area contributed by atoms with Gasteiger partial charge in [-0.15, -0.1) is 0 Å². The van der Waals surface area contributed by atoms with Gasteiger partial charge in [-0.1, -0.05) is 18.2 Å². The molecule has 1 unspecified atom stereocenters. The first-order valence-corrected chi connectivity index (χ1v) is 3.14. The fourth-order valence-electron chi connectivity index (χ4n) is 0.819. The van der Waals surface area contributed by atoms with Crippen molar-refractivity contribution in [3.05, 3.63) is 23.8 Å². The summed E-state index contributed by atoms with van der Waals surface area (Å²) < 4.78 is 35.6. The molecule has 0 amide bonds. The van der Waals surface area contributed by atoms with Crippen molar-refractivity contribution < 1.29 is 18.3 Å². The molecule has 1 aliphatic carbocycles. The Bertz CT molecular complexity index is 202. The van der Waals surface area contributed by atoms with Gasteiger partial charge in [-0.05, 0) is 6.42 Å². The summed E-state index contributed by atoms with van der Waals surface area (Å²) in [4.78, 5) is 0. The second-order valence-electron chi connectivity index (χ2n) is 2.32. The van der Waals surface area contributed by atoms with E-state index in [9.17, 15) is 13.2 Å². The van der Waals surface area contributed by atoms with Gasteiger partial charge in [-0.3, -0.25) is 0 Å². The summed E-state index contributed by atoms with van der Waals surface area (Å²) in [5.41, 5.74) is -0.678. The van der Waals surface area contributed by atoms with Gasteiger partial charge in [0.15, 0.2) is 0 Å². The number of alkyl halides is 3. The summed E-state index contributed by atoms with van der Waals surface area (Å²) in [6.45, 7) is 0. The van der Waals surface area contributed by atoms with Crippen molar-refractivity contribution in [1.29, 1.82) is 0 Å². The molecule has 1 nitrogen and oxygen atoms in total. The van der Waals surface area contributed by atoms with E-state index in [2.05, 4.69) is 0 Å². The van der Waals surface area contributed by atoms with E-state index >= 15 is 0 Å². The summed E-state index contributed by atoms with van der Waals surface area (Å²) in [5.74, 6) is 0. The maximum absolute atomic E-state index is 11.9. The lowest BCUT2D eigenvalue weighted by molar-refractivity contribution is -0.0888. The minimum Gasteiger partial charge on any atom is -0.389 e. The summed E-state index contributed by atoms with van der Waals surface area (Å²) in [7, 11) is 0. The van der Waals surface area contributed by atoms with Gasteiger partial charge in [-0.2, -0.15) is 13.2 Å². The molecule has 0 aromatic carbocycles. The van der Waals surface area contributed by atoms with E-state index < -0.39 is 17.9 Å². The van der Waals surface area contributed by atoms with Crippen LogP contribution in [0.25, 0.3) is 0 Å². The Morgan fingerprint density at radius 1 is 1.45 bits per heavy atom. The molecule has 0 aliphatic heterocycles. The van der Waals surface area contributed by atoms with E-state index in [1.807, 2.05) is 0 Å². The van der Waals surface area contributed by atoms with Crippen LogP contribution in [0.5, 0.6) is 0 Å². The molecule has 0 aromatic heterocycles. The van der Waals surface area contributed by atoms with E-state index in [1.165, 1.54) is 0 Å². The largest absolute Gasteiger partial charge is 0.416 e. The molecule has 0 saturated heterocycles. The molecular weight excluding hydrogens is 157 g/mol. The molecule has 0 bridgehead atoms. The van der Waals surface area contributed by atoms with Crippen LogP contribution in [0.2, 0.25) is 0 Å². The van der Waals surface area contributed by atoms with Crippen molar-refractivity contribution in [2.75, 3.05) is 0 Å². The molecule has 1 atom stereocenters. The first-order valence-electron chi connectivity index (χ1n) is 3.14. The number of aliphatic hydroxyl groups excluding tert-OH is 1. The topological polar surface area (TPSA) is 20.2 Å². The average Bonchev–Trinajstić information content (AvgIpc) is 1.86. The van der Waals surface area contributed by atoms with Gasteiger partial charge in [-0.25, -0.2) is 0 Å². The molecule has 11 heavy (non-hydrogen) atoms. The lowest BCUT2D eigenvalue weighted by Crippen LogP contribution is -2.14. The van der Waals surface area contributed by atoms with E-state index in [1.54, 1.807) is 0 Å². The molecule has 1 aliphatic rings. The van der Waals surface area contributed by atoms with Gasteiger partial charge in [0.25, 0.3) is 0 Å². The highest BCUT2D eigenvalue weighted by Gasteiger charge is 2.32. The van der Waals surface area contributed by atoms with Crippen LogP contribution in [0.3, 0.4) is 0 Å². The number of halogens is 3. The minimum atomic E-state index is -4.28. The van der Waals surface area contributed by atoms with Crippen molar-refractivity contribution in [2.45, 2.75) is 18.7 Å². The molecule has 0 heterocycles. The van der Waals surface area contributed by atoms with Crippen LogP contribution in [-0.4, -0.2) is 17.4 Å². The van der Waals surface area contributed by atoms with Gasteiger partial charge in [0.05, 0.1) is 11.7 Å². The van der Waals surface area contributed by atoms with Crippen LogP contribution in [0.1, 0.15) is 6.42 Å². The van der Waals surface area contributed by atoms with Crippen molar-refractivity contribution in [2.24, 2.45) is 0 Å². The van der Waals surface area contributed by atoms with E-state index in [-0.39, 0.29) is 6.42 Å². The molecule has 0 fully saturated rings. The SMILES string of the molecule is OC1C=CC(C(F)(F)F)=CC1. The predicted molar refractivity (Wildman–Crippen MR) is 33.9 cm³/mol. The highest BCUT2D eigenvalue weighted by Crippen LogP contribution is 2.29. The normalized spacial score (nSPS) is 25.1.